The summed E-state index contributed by atoms with van der Waals surface area (Å²) in [4.78, 5) is 26.2. The highest BCUT2D eigenvalue weighted by molar-refractivity contribution is 7.17. The Kier molecular flexibility index (Phi) is 6.56. The highest BCUT2D eigenvalue weighted by Crippen LogP contribution is 2.44. The first kappa shape index (κ1) is 24.8. The molecule has 10 heteroatoms. The summed E-state index contributed by atoms with van der Waals surface area (Å²) in [6.07, 6.45) is 0.930. The first-order chi connectivity index (χ1) is 15.9. The van der Waals surface area contributed by atoms with Crippen LogP contribution in [-0.2, 0) is 43.2 Å². The van der Waals surface area contributed by atoms with Gasteiger partial charge in [0.25, 0.3) is 5.91 Å². The summed E-state index contributed by atoms with van der Waals surface area (Å²) in [6.45, 7) is 6.23. The number of nitrogens with zero attached hydrogens (tertiary/aromatic N) is 2. The van der Waals surface area contributed by atoms with E-state index in [0.29, 0.717) is 47.9 Å². The highest BCUT2D eigenvalue weighted by atomic mass is 32.1. The quantitative estimate of drug-likeness (QED) is 0.576. The molecule has 2 aliphatic rings. The molecular formula is C24H31F3N4O2S. The molecular weight excluding hydrogens is 465 g/mol. The molecule has 2 heterocycles. The van der Waals surface area contributed by atoms with E-state index in [-0.39, 0.29) is 17.5 Å². The maximum absolute atomic E-state index is 13.6. The number of primary amides is 1. The van der Waals surface area contributed by atoms with Gasteiger partial charge in [-0.3, -0.25) is 14.3 Å². The normalized spacial score (nSPS) is 18.7. The van der Waals surface area contributed by atoms with Crippen LogP contribution in [0, 0.1) is 11.3 Å². The molecule has 0 radical (unpaired) electrons. The van der Waals surface area contributed by atoms with E-state index in [9.17, 15) is 22.8 Å². The van der Waals surface area contributed by atoms with Crippen LogP contribution in [0.2, 0.25) is 0 Å². The number of anilines is 1. The van der Waals surface area contributed by atoms with E-state index in [1.165, 1.54) is 16.0 Å². The molecule has 2 aliphatic carbocycles. The van der Waals surface area contributed by atoms with Crippen molar-refractivity contribution < 1.29 is 22.8 Å². The summed E-state index contributed by atoms with van der Waals surface area (Å²) in [7, 11) is 0. The number of nitrogens with two attached hydrogens (primary N) is 1. The molecule has 2 amide bonds. The van der Waals surface area contributed by atoms with Crippen molar-refractivity contribution in [2.75, 3.05) is 5.32 Å². The lowest BCUT2D eigenvalue weighted by atomic mass is 9.72. The van der Waals surface area contributed by atoms with E-state index in [1.54, 1.807) is 0 Å². The van der Waals surface area contributed by atoms with E-state index >= 15 is 0 Å². The van der Waals surface area contributed by atoms with E-state index in [4.69, 9.17) is 5.73 Å². The molecule has 3 N–H and O–H groups in total. The van der Waals surface area contributed by atoms with Crippen molar-refractivity contribution in [2.24, 2.45) is 17.1 Å². The number of amides is 2. The monoisotopic (exact) mass is 496 g/mol. The molecule has 6 nitrogen and oxygen atoms in total. The molecule has 0 saturated carbocycles. The number of carbonyl (C=O) groups is 2. The van der Waals surface area contributed by atoms with Crippen molar-refractivity contribution in [3.8, 4) is 0 Å². The lowest BCUT2D eigenvalue weighted by Gasteiger charge is -2.33. The van der Waals surface area contributed by atoms with Gasteiger partial charge in [-0.2, -0.15) is 18.3 Å². The molecule has 0 aliphatic heterocycles. The Morgan fingerprint density at radius 2 is 1.82 bits per heavy atom. The number of nitrogens with one attached hydrogen (secondary N) is 1. The van der Waals surface area contributed by atoms with Crippen molar-refractivity contribution in [3.63, 3.8) is 0 Å². The van der Waals surface area contributed by atoms with Crippen LogP contribution in [0.3, 0.4) is 0 Å². The first-order valence-corrected chi connectivity index (χ1v) is 12.6. The van der Waals surface area contributed by atoms with Crippen LogP contribution in [0.15, 0.2) is 0 Å². The molecule has 2 aromatic heterocycles. The van der Waals surface area contributed by atoms with Crippen molar-refractivity contribution >= 4 is 28.2 Å². The molecule has 0 spiro atoms. The minimum Gasteiger partial charge on any atom is -0.365 e. The van der Waals surface area contributed by atoms with Crippen molar-refractivity contribution in [1.29, 1.82) is 0 Å². The Bertz CT molecular complexity index is 1110. The maximum atomic E-state index is 13.6. The first-order valence-electron chi connectivity index (χ1n) is 11.8. The van der Waals surface area contributed by atoms with E-state index in [0.717, 1.165) is 36.1 Å². The molecule has 1 unspecified atom stereocenters. The maximum Gasteiger partial charge on any atom is 0.435 e. The Labute approximate surface area is 201 Å². The summed E-state index contributed by atoms with van der Waals surface area (Å²) in [5.41, 5.74) is 6.79. The minimum absolute atomic E-state index is 0.117. The SMILES string of the molecule is CC(C)(C)C1CCc2c(sc(NC(=O)Cn3nc(C(F)(F)F)c4c3CCCCC4)c2C(N)=O)C1. The minimum atomic E-state index is -4.56. The second kappa shape index (κ2) is 9.02. The van der Waals surface area contributed by atoms with Gasteiger partial charge in [0, 0.05) is 16.1 Å². The third-order valence-electron chi connectivity index (χ3n) is 7.06. The van der Waals surface area contributed by atoms with Gasteiger partial charge in [-0.05, 0) is 61.8 Å². The van der Waals surface area contributed by atoms with Crippen LogP contribution in [0.4, 0.5) is 18.2 Å². The molecule has 0 saturated heterocycles. The highest BCUT2D eigenvalue weighted by Gasteiger charge is 2.39. The summed E-state index contributed by atoms with van der Waals surface area (Å²) in [5, 5.41) is 6.93. The number of alkyl halides is 3. The Morgan fingerprint density at radius 1 is 1.12 bits per heavy atom. The van der Waals surface area contributed by atoms with Crippen LogP contribution in [-0.4, -0.2) is 21.6 Å². The third kappa shape index (κ3) is 4.87. The summed E-state index contributed by atoms with van der Waals surface area (Å²) in [6, 6.07) is 0. The largest absolute Gasteiger partial charge is 0.435 e. The lowest BCUT2D eigenvalue weighted by molar-refractivity contribution is -0.142. The number of halogens is 3. The van der Waals surface area contributed by atoms with E-state index in [2.05, 4.69) is 31.2 Å². The van der Waals surface area contributed by atoms with Gasteiger partial charge >= 0.3 is 6.18 Å². The van der Waals surface area contributed by atoms with E-state index in [1.807, 2.05) is 0 Å². The molecule has 0 fully saturated rings. The van der Waals surface area contributed by atoms with E-state index < -0.39 is 23.7 Å². The van der Waals surface area contributed by atoms with Gasteiger partial charge in [-0.15, -0.1) is 11.3 Å². The van der Waals surface area contributed by atoms with Crippen LogP contribution >= 0.6 is 11.3 Å². The van der Waals surface area contributed by atoms with Gasteiger partial charge in [0.15, 0.2) is 5.69 Å². The summed E-state index contributed by atoms with van der Waals surface area (Å²) >= 11 is 1.35. The summed E-state index contributed by atoms with van der Waals surface area (Å²) < 4.78 is 41.9. The number of thiophene rings is 1. The predicted octanol–water partition coefficient (Wildman–Crippen LogP) is 5.12. The predicted molar refractivity (Wildman–Crippen MR) is 125 cm³/mol. The number of hydrogen-bond acceptors (Lipinski definition) is 4. The van der Waals surface area contributed by atoms with Gasteiger partial charge < -0.3 is 11.1 Å². The molecule has 4 rings (SSSR count). The smallest absolute Gasteiger partial charge is 0.365 e. The topological polar surface area (TPSA) is 90.0 Å². The fourth-order valence-electron chi connectivity index (χ4n) is 5.18. The number of hydrogen-bond donors (Lipinski definition) is 2. The number of fused-ring (bicyclic) bond motifs is 2. The van der Waals surface area contributed by atoms with Crippen molar-refractivity contribution in [2.45, 2.75) is 84.9 Å². The molecule has 0 bridgehead atoms. The van der Waals surface area contributed by atoms with Gasteiger partial charge in [0.2, 0.25) is 5.91 Å². The van der Waals surface area contributed by atoms with Crippen molar-refractivity contribution in [3.05, 3.63) is 33.0 Å². The standard InChI is InChI=1S/C24H31F3N4O2S/c1-23(2,3)13-9-10-15-17(11-13)34-22(19(15)21(28)33)29-18(32)12-31-16-8-6-4-5-7-14(16)20(30-31)24(25,26)27/h13H,4-12H2,1-3H3,(H2,28,33)(H,29,32). The van der Waals surface area contributed by atoms with Gasteiger partial charge in [0.1, 0.15) is 11.5 Å². The van der Waals surface area contributed by atoms with Gasteiger partial charge in [-0.25, -0.2) is 0 Å². The zero-order valence-electron chi connectivity index (χ0n) is 19.8. The molecule has 34 heavy (non-hydrogen) atoms. The van der Waals surface area contributed by atoms with Crippen LogP contribution in [0.5, 0.6) is 0 Å². The van der Waals surface area contributed by atoms with Crippen LogP contribution in [0.1, 0.15) is 84.2 Å². The lowest BCUT2D eigenvalue weighted by Crippen LogP contribution is -2.27. The van der Waals surface area contributed by atoms with Gasteiger partial charge in [-0.1, -0.05) is 27.2 Å². The second-order valence-electron chi connectivity index (χ2n) is 10.4. The second-order valence-corrected chi connectivity index (χ2v) is 11.5. The zero-order valence-corrected chi connectivity index (χ0v) is 20.6. The number of aromatic nitrogens is 2. The fourth-order valence-corrected chi connectivity index (χ4v) is 6.53. The number of rotatable bonds is 4. The van der Waals surface area contributed by atoms with Gasteiger partial charge in [0.05, 0.1) is 5.56 Å². The molecule has 0 aromatic carbocycles. The Morgan fingerprint density at radius 3 is 2.47 bits per heavy atom. The molecule has 186 valence electrons. The van der Waals surface area contributed by atoms with Crippen LogP contribution < -0.4 is 11.1 Å². The fraction of sp³-hybridized carbons (Fsp3) is 0.625. The van der Waals surface area contributed by atoms with Crippen molar-refractivity contribution in [1.82, 2.24) is 9.78 Å². The average molecular weight is 497 g/mol. The van der Waals surface area contributed by atoms with Crippen LogP contribution in [0.25, 0.3) is 0 Å². The zero-order chi connectivity index (χ0) is 24.8. The Hall–Kier alpha value is -2.36. The average Bonchev–Trinajstić information content (AvgIpc) is 3.14. The number of carbonyl (C=O) groups excluding carboxylic acids is 2. The molecule has 2 aromatic rings. The Balaban J connectivity index is 1.59. The third-order valence-corrected chi connectivity index (χ3v) is 8.23. The molecule has 1 atom stereocenters. The summed E-state index contributed by atoms with van der Waals surface area (Å²) in [5.74, 6) is -0.672.